The molecule has 0 saturated heterocycles. The fraction of sp³-hybridized carbons (Fsp3) is 0.857. The molecule has 2 aliphatic rings. The number of carboxylic acids is 1. The van der Waals surface area contributed by atoms with Gasteiger partial charge in [0.1, 0.15) is 5.78 Å². The highest BCUT2D eigenvalue weighted by Gasteiger charge is 2.48. The minimum Gasteiger partial charge on any atom is -0.481 e. The lowest BCUT2D eigenvalue weighted by Crippen LogP contribution is -2.46. The average Bonchev–Trinajstić information content (AvgIpc) is 2.14. The lowest BCUT2D eigenvalue weighted by Gasteiger charge is -2.46. The molecule has 96 valence electrons. The number of fused-ring (bicyclic) bond motifs is 2. The molecule has 0 aliphatic heterocycles. The van der Waals surface area contributed by atoms with Crippen molar-refractivity contribution >= 4 is 11.8 Å². The third-order valence-electron chi connectivity index (χ3n) is 4.65. The zero-order valence-corrected chi connectivity index (χ0v) is 10.9. The normalized spacial score (nSPS) is 37.9. The van der Waals surface area contributed by atoms with Gasteiger partial charge < -0.3 is 5.11 Å². The minimum absolute atomic E-state index is 0.0106. The van der Waals surface area contributed by atoms with E-state index in [0.29, 0.717) is 24.5 Å². The van der Waals surface area contributed by atoms with Gasteiger partial charge in [0.05, 0.1) is 5.92 Å². The molecule has 17 heavy (non-hydrogen) atoms. The standard InChI is InChI=1S/C14H22O3/c1-14(2,3)11-5-4-8-6-9(13(16)17)7-10(11)12(8)15/h8-11H,4-7H2,1-3H3,(H,16,17)/t8-,9?,10-,11?/m1/s1. The first-order valence-electron chi connectivity index (χ1n) is 6.57. The van der Waals surface area contributed by atoms with Crippen molar-refractivity contribution in [2.24, 2.45) is 29.1 Å². The molecule has 0 radical (unpaired) electrons. The molecule has 3 heteroatoms. The first-order valence-corrected chi connectivity index (χ1v) is 6.57. The molecule has 0 aromatic heterocycles. The molecule has 1 N–H and O–H groups in total. The Balaban J connectivity index is 2.22. The van der Waals surface area contributed by atoms with E-state index in [0.717, 1.165) is 12.8 Å². The molecule has 2 aliphatic carbocycles. The highest BCUT2D eigenvalue weighted by molar-refractivity contribution is 5.87. The summed E-state index contributed by atoms with van der Waals surface area (Å²) in [5.41, 5.74) is 0.103. The van der Waals surface area contributed by atoms with E-state index in [2.05, 4.69) is 20.8 Å². The Morgan fingerprint density at radius 3 is 2.41 bits per heavy atom. The Morgan fingerprint density at radius 2 is 1.88 bits per heavy atom. The van der Waals surface area contributed by atoms with E-state index in [9.17, 15) is 9.59 Å². The first-order chi connectivity index (χ1) is 7.80. The van der Waals surface area contributed by atoms with Gasteiger partial charge in [-0.25, -0.2) is 0 Å². The smallest absolute Gasteiger partial charge is 0.306 e. The number of carbonyl (C=O) groups excluding carboxylic acids is 1. The van der Waals surface area contributed by atoms with Crippen LogP contribution in [0.1, 0.15) is 46.5 Å². The van der Waals surface area contributed by atoms with Gasteiger partial charge in [-0.2, -0.15) is 0 Å². The van der Waals surface area contributed by atoms with Crippen LogP contribution in [-0.4, -0.2) is 16.9 Å². The Hall–Kier alpha value is -0.860. The van der Waals surface area contributed by atoms with Crippen molar-refractivity contribution in [3.05, 3.63) is 0 Å². The summed E-state index contributed by atoms with van der Waals surface area (Å²) in [5, 5.41) is 9.16. The summed E-state index contributed by atoms with van der Waals surface area (Å²) in [5.74, 6) is -0.311. The zero-order chi connectivity index (χ0) is 12.8. The van der Waals surface area contributed by atoms with E-state index in [1.54, 1.807) is 0 Å². The van der Waals surface area contributed by atoms with Crippen LogP contribution in [0.15, 0.2) is 0 Å². The Kier molecular flexibility index (Phi) is 3.04. The lowest BCUT2D eigenvalue weighted by atomic mass is 9.57. The maximum Gasteiger partial charge on any atom is 0.306 e. The summed E-state index contributed by atoms with van der Waals surface area (Å²) >= 11 is 0. The van der Waals surface area contributed by atoms with E-state index < -0.39 is 5.97 Å². The van der Waals surface area contributed by atoms with E-state index in [1.807, 2.05) is 0 Å². The molecular weight excluding hydrogens is 216 g/mol. The van der Waals surface area contributed by atoms with Gasteiger partial charge in [-0.1, -0.05) is 20.8 Å². The molecule has 2 bridgehead atoms. The summed E-state index contributed by atoms with van der Waals surface area (Å²) in [6.45, 7) is 6.49. The van der Waals surface area contributed by atoms with Gasteiger partial charge in [0, 0.05) is 11.8 Å². The quantitative estimate of drug-likeness (QED) is 0.764. The van der Waals surface area contributed by atoms with Gasteiger partial charge in [-0.15, -0.1) is 0 Å². The molecule has 0 aromatic carbocycles. The van der Waals surface area contributed by atoms with Crippen molar-refractivity contribution in [2.45, 2.75) is 46.5 Å². The molecule has 2 rings (SSSR count). The van der Waals surface area contributed by atoms with E-state index in [4.69, 9.17) is 5.11 Å². The number of hydrogen-bond donors (Lipinski definition) is 1. The van der Waals surface area contributed by atoms with Crippen LogP contribution in [0.5, 0.6) is 0 Å². The topological polar surface area (TPSA) is 54.4 Å². The second-order valence-corrected chi connectivity index (χ2v) is 6.76. The number of rotatable bonds is 1. The van der Waals surface area contributed by atoms with E-state index in [1.165, 1.54) is 0 Å². The monoisotopic (exact) mass is 238 g/mol. The van der Waals surface area contributed by atoms with Crippen LogP contribution in [0.3, 0.4) is 0 Å². The molecule has 0 aromatic rings. The van der Waals surface area contributed by atoms with Crippen LogP contribution in [0.2, 0.25) is 0 Å². The zero-order valence-electron chi connectivity index (χ0n) is 10.9. The van der Waals surface area contributed by atoms with Gasteiger partial charge in [0.15, 0.2) is 0 Å². The Labute approximate surface area is 103 Å². The molecular formula is C14H22O3. The number of Topliss-reactive ketones (excluding diaryl/α,β-unsaturated/α-hetero) is 1. The van der Waals surface area contributed by atoms with Crippen LogP contribution >= 0.6 is 0 Å². The van der Waals surface area contributed by atoms with Crippen molar-refractivity contribution in [3.8, 4) is 0 Å². The van der Waals surface area contributed by atoms with Gasteiger partial charge in [-0.3, -0.25) is 9.59 Å². The summed E-state index contributed by atoms with van der Waals surface area (Å²) in [6.07, 6.45) is 3.10. The van der Waals surface area contributed by atoms with Crippen molar-refractivity contribution in [1.82, 2.24) is 0 Å². The number of carbonyl (C=O) groups is 2. The Bertz CT molecular complexity index is 340. The second-order valence-electron chi connectivity index (χ2n) is 6.76. The third-order valence-corrected chi connectivity index (χ3v) is 4.65. The highest BCUT2D eigenvalue weighted by Crippen LogP contribution is 2.49. The Morgan fingerprint density at radius 1 is 1.24 bits per heavy atom. The number of hydrogen-bond acceptors (Lipinski definition) is 2. The van der Waals surface area contributed by atoms with Gasteiger partial charge in [0.2, 0.25) is 0 Å². The van der Waals surface area contributed by atoms with Crippen molar-refractivity contribution in [3.63, 3.8) is 0 Å². The largest absolute Gasteiger partial charge is 0.481 e. The van der Waals surface area contributed by atoms with Crippen LogP contribution in [0.4, 0.5) is 0 Å². The van der Waals surface area contributed by atoms with Crippen LogP contribution < -0.4 is 0 Å². The van der Waals surface area contributed by atoms with Crippen LogP contribution in [-0.2, 0) is 9.59 Å². The molecule has 3 nitrogen and oxygen atoms in total. The summed E-state index contributed by atoms with van der Waals surface area (Å²) in [6, 6.07) is 0. The third kappa shape index (κ3) is 2.24. The summed E-state index contributed by atoms with van der Waals surface area (Å²) in [4.78, 5) is 23.4. The maximum absolute atomic E-state index is 12.2. The first kappa shape index (κ1) is 12.6. The van der Waals surface area contributed by atoms with Crippen molar-refractivity contribution in [2.75, 3.05) is 0 Å². The molecule has 0 spiro atoms. The predicted octanol–water partition coefficient (Wildman–Crippen LogP) is 2.74. The predicted molar refractivity (Wildman–Crippen MR) is 64.5 cm³/mol. The van der Waals surface area contributed by atoms with E-state index >= 15 is 0 Å². The second kappa shape index (κ2) is 4.11. The number of carboxylic acid groups (broad SMARTS) is 1. The van der Waals surface area contributed by atoms with Crippen molar-refractivity contribution in [1.29, 1.82) is 0 Å². The van der Waals surface area contributed by atoms with E-state index in [-0.39, 0.29) is 23.2 Å². The van der Waals surface area contributed by atoms with Crippen LogP contribution in [0.25, 0.3) is 0 Å². The van der Waals surface area contributed by atoms with Crippen molar-refractivity contribution < 1.29 is 14.7 Å². The SMILES string of the molecule is CC(C)(C)C1CC[C@@H]2CC(C(=O)O)C[C@H]1C2=O. The number of ketones is 1. The maximum atomic E-state index is 12.2. The highest BCUT2D eigenvalue weighted by atomic mass is 16.4. The fourth-order valence-corrected chi connectivity index (χ4v) is 3.72. The van der Waals surface area contributed by atoms with Gasteiger partial charge >= 0.3 is 5.97 Å². The molecule has 0 amide bonds. The molecule has 2 fully saturated rings. The van der Waals surface area contributed by atoms with Gasteiger partial charge in [-0.05, 0) is 37.0 Å². The summed E-state index contributed by atoms with van der Waals surface area (Å²) < 4.78 is 0. The summed E-state index contributed by atoms with van der Waals surface area (Å²) in [7, 11) is 0. The van der Waals surface area contributed by atoms with Crippen LogP contribution in [0, 0.1) is 29.1 Å². The molecule has 0 heterocycles. The minimum atomic E-state index is -0.720. The van der Waals surface area contributed by atoms with Gasteiger partial charge in [0.25, 0.3) is 0 Å². The fourth-order valence-electron chi connectivity index (χ4n) is 3.72. The molecule has 4 atom stereocenters. The molecule has 2 saturated carbocycles. The number of aliphatic carboxylic acids is 1. The molecule has 2 unspecified atom stereocenters. The lowest BCUT2D eigenvalue weighted by molar-refractivity contribution is -0.151. The average molecular weight is 238 g/mol.